The summed E-state index contributed by atoms with van der Waals surface area (Å²) in [6.07, 6.45) is 1.25. The molecule has 0 aliphatic carbocycles. The molecular weight excluding hydrogens is 230 g/mol. The van der Waals surface area contributed by atoms with Crippen LogP contribution in [0.5, 0.6) is 0 Å². The van der Waals surface area contributed by atoms with Crippen molar-refractivity contribution in [2.45, 2.75) is 19.1 Å². The maximum Gasteiger partial charge on any atom is 0.109 e. The highest BCUT2D eigenvalue weighted by Crippen LogP contribution is 2.18. The van der Waals surface area contributed by atoms with E-state index in [1.807, 2.05) is 31.2 Å². The van der Waals surface area contributed by atoms with Crippen LogP contribution in [0.15, 0.2) is 36.7 Å². The number of benzene rings is 1. The minimum Gasteiger partial charge on any atom is -0.389 e. The monoisotopic (exact) mass is 247 g/mol. The summed E-state index contributed by atoms with van der Waals surface area (Å²) in [5.74, 6) is 0. The van der Waals surface area contributed by atoms with Gasteiger partial charge in [-0.2, -0.15) is 5.10 Å². The van der Waals surface area contributed by atoms with Gasteiger partial charge in [-0.1, -0.05) is 12.1 Å². The fourth-order valence-electron chi connectivity index (χ4n) is 1.75. The van der Waals surface area contributed by atoms with Crippen LogP contribution in [0.3, 0.4) is 0 Å². The van der Waals surface area contributed by atoms with Crippen LogP contribution < -0.4 is 5.73 Å². The molecule has 1 aromatic carbocycles. The van der Waals surface area contributed by atoms with Gasteiger partial charge in [-0.05, 0) is 24.6 Å². The molecule has 4 N–H and O–H groups in total. The number of aromatic nitrogens is 2. The Balaban J connectivity index is 2.25. The zero-order chi connectivity index (χ0) is 13.1. The van der Waals surface area contributed by atoms with E-state index < -0.39 is 12.2 Å². The van der Waals surface area contributed by atoms with Crippen LogP contribution >= 0.6 is 0 Å². The molecule has 0 aliphatic rings. The smallest absolute Gasteiger partial charge is 0.109 e. The van der Waals surface area contributed by atoms with Crippen molar-refractivity contribution in [3.63, 3.8) is 0 Å². The predicted molar refractivity (Wildman–Crippen MR) is 68.3 cm³/mol. The van der Waals surface area contributed by atoms with E-state index in [1.165, 1.54) is 6.20 Å². The fraction of sp³-hybridized carbons (Fsp3) is 0.308. The molecule has 0 saturated heterocycles. The highest BCUT2D eigenvalue weighted by atomic mass is 16.3. The summed E-state index contributed by atoms with van der Waals surface area (Å²) in [5.41, 5.74) is 7.91. The number of rotatable bonds is 4. The molecule has 1 aromatic heterocycles. The third-order valence-corrected chi connectivity index (χ3v) is 2.82. The first-order valence-electron chi connectivity index (χ1n) is 5.79. The highest BCUT2D eigenvalue weighted by Gasteiger charge is 2.18. The van der Waals surface area contributed by atoms with Crippen molar-refractivity contribution in [2.75, 3.05) is 6.54 Å². The zero-order valence-electron chi connectivity index (χ0n) is 10.2. The van der Waals surface area contributed by atoms with Crippen molar-refractivity contribution in [3.8, 4) is 5.69 Å². The van der Waals surface area contributed by atoms with Gasteiger partial charge in [-0.3, -0.25) is 0 Å². The van der Waals surface area contributed by atoms with Crippen molar-refractivity contribution in [2.24, 2.45) is 5.73 Å². The largest absolute Gasteiger partial charge is 0.389 e. The molecular formula is C13H17N3O2. The van der Waals surface area contributed by atoms with Gasteiger partial charge in [0.05, 0.1) is 18.0 Å². The molecule has 0 spiro atoms. The maximum atomic E-state index is 9.82. The first-order valence-corrected chi connectivity index (χ1v) is 5.79. The summed E-state index contributed by atoms with van der Waals surface area (Å²) < 4.78 is 1.66. The summed E-state index contributed by atoms with van der Waals surface area (Å²) in [6, 6.07) is 7.86. The van der Waals surface area contributed by atoms with Gasteiger partial charge in [0.2, 0.25) is 0 Å². The Labute approximate surface area is 105 Å². The molecule has 18 heavy (non-hydrogen) atoms. The van der Waals surface area contributed by atoms with Gasteiger partial charge in [0.25, 0.3) is 0 Å². The highest BCUT2D eigenvalue weighted by molar-refractivity contribution is 5.35. The summed E-state index contributed by atoms with van der Waals surface area (Å²) in [5, 5.41) is 23.5. The molecule has 96 valence electrons. The van der Waals surface area contributed by atoms with Gasteiger partial charge in [-0.25, -0.2) is 4.68 Å². The minimum absolute atomic E-state index is 0.0107. The molecule has 2 rings (SSSR count). The lowest BCUT2D eigenvalue weighted by atomic mass is 10.1. The van der Waals surface area contributed by atoms with E-state index in [4.69, 9.17) is 5.73 Å². The summed E-state index contributed by atoms with van der Waals surface area (Å²) in [6.45, 7) is 2.01. The number of aliphatic hydroxyl groups excluding tert-OH is 2. The van der Waals surface area contributed by atoms with E-state index in [2.05, 4.69) is 5.10 Å². The third kappa shape index (κ3) is 2.59. The number of nitrogens with zero attached hydrogens (tertiary/aromatic N) is 2. The van der Waals surface area contributed by atoms with Gasteiger partial charge in [0, 0.05) is 18.3 Å². The molecule has 2 unspecified atom stereocenters. The lowest BCUT2D eigenvalue weighted by molar-refractivity contribution is 0.0243. The average molecular weight is 247 g/mol. The van der Waals surface area contributed by atoms with Gasteiger partial charge in [-0.15, -0.1) is 0 Å². The van der Waals surface area contributed by atoms with E-state index in [0.29, 0.717) is 5.56 Å². The van der Waals surface area contributed by atoms with E-state index in [-0.39, 0.29) is 6.54 Å². The SMILES string of the molecule is Cc1cccc(-n2cc(C(O)C(O)CN)cn2)c1. The van der Waals surface area contributed by atoms with Crippen molar-refractivity contribution in [1.82, 2.24) is 9.78 Å². The normalized spacial score (nSPS) is 14.4. The van der Waals surface area contributed by atoms with Crippen LogP contribution in [0.1, 0.15) is 17.2 Å². The molecule has 2 atom stereocenters. The quantitative estimate of drug-likeness (QED) is 0.736. The fourth-order valence-corrected chi connectivity index (χ4v) is 1.75. The van der Waals surface area contributed by atoms with Crippen molar-refractivity contribution < 1.29 is 10.2 Å². The summed E-state index contributed by atoms with van der Waals surface area (Å²) >= 11 is 0. The molecule has 0 bridgehead atoms. The number of hydrogen-bond donors (Lipinski definition) is 3. The Morgan fingerprint density at radius 3 is 2.83 bits per heavy atom. The van der Waals surface area contributed by atoms with Crippen molar-refractivity contribution >= 4 is 0 Å². The van der Waals surface area contributed by atoms with Crippen LogP contribution in [0.2, 0.25) is 0 Å². The van der Waals surface area contributed by atoms with E-state index >= 15 is 0 Å². The lowest BCUT2D eigenvalue weighted by Gasteiger charge is -2.13. The Morgan fingerprint density at radius 2 is 2.17 bits per heavy atom. The third-order valence-electron chi connectivity index (χ3n) is 2.82. The predicted octanol–water partition coefficient (Wildman–Crippen LogP) is 0.534. The summed E-state index contributed by atoms with van der Waals surface area (Å²) in [7, 11) is 0. The second kappa shape index (κ2) is 5.30. The minimum atomic E-state index is -1.01. The van der Waals surface area contributed by atoms with Crippen LogP contribution in [-0.2, 0) is 0 Å². The molecule has 0 amide bonds. The zero-order valence-corrected chi connectivity index (χ0v) is 10.2. The van der Waals surface area contributed by atoms with Crippen molar-refractivity contribution in [1.29, 1.82) is 0 Å². The van der Waals surface area contributed by atoms with Gasteiger partial charge in [0.1, 0.15) is 6.10 Å². The Bertz CT molecular complexity index is 524. The molecule has 0 saturated carbocycles. The number of nitrogens with two attached hydrogens (primary N) is 1. The molecule has 0 radical (unpaired) electrons. The van der Waals surface area contributed by atoms with Gasteiger partial charge < -0.3 is 15.9 Å². The maximum absolute atomic E-state index is 9.82. The Hall–Kier alpha value is -1.69. The second-order valence-corrected chi connectivity index (χ2v) is 4.31. The first kappa shape index (κ1) is 12.8. The molecule has 0 fully saturated rings. The van der Waals surface area contributed by atoms with Crippen LogP contribution in [0.25, 0.3) is 5.69 Å². The van der Waals surface area contributed by atoms with Crippen LogP contribution in [0.4, 0.5) is 0 Å². The van der Waals surface area contributed by atoms with Crippen molar-refractivity contribution in [3.05, 3.63) is 47.8 Å². The topological polar surface area (TPSA) is 84.3 Å². The van der Waals surface area contributed by atoms with E-state index in [9.17, 15) is 10.2 Å². The van der Waals surface area contributed by atoms with Crippen LogP contribution in [0, 0.1) is 6.92 Å². The number of hydrogen-bond acceptors (Lipinski definition) is 4. The Morgan fingerprint density at radius 1 is 1.39 bits per heavy atom. The van der Waals surface area contributed by atoms with Crippen LogP contribution in [-0.4, -0.2) is 32.6 Å². The van der Waals surface area contributed by atoms with Gasteiger partial charge >= 0.3 is 0 Å². The molecule has 5 heteroatoms. The van der Waals surface area contributed by atoms with Gasteiger partial charge in [0.15, 0.2) is 0 Å². The summed E-state index contributed by atoms with van der Waals surface area (Å²) in [4.78, 5) is 0. The second-order valence-electron chi connectivity index (χ2n) is 4.31. The van der Waals surface area contributed by atoms with E-state index in [1.54, 1.807) is 10.9 Å². The van der Waals surface area contributed by atoms with E-state index in [0.717, 1.165) is 11.3 Å². The number of aryl methyl sites for hydroxylation is 1. The lowest BCUT2D eigenvalue weighted by Crippen LogP contribution is -2.26. The molecule has 1 heterocycles. The standard InChI is InChI=1S/C13H17N3O2/c1-9-3-2-4-11(5-9)16-8-10(7-15-16)13(18)12(17)6-14/h2-5,7-8,12-13,17-18H,6,14H2,1H3. The molecule has 0 aliphatic heterocycles. The molecule has 5 nitrogen and oxygen atoms in total. The Kier molecular flexibility index (Phi) is 3.76. The molecule has 2 aromatic rings. The average Bonchev–Trinajstić information content (AvgIpc) is 2.86. The first-order chi connectivity index (χ1) is 8.61. The number of aliphatic hydroxyl groups is 2.